The molecule has 1 aromatic heterocycles. The molecule has 0 spiro atoms. The first-order valence-electron chi connectivity index (χ1n) is 5.44. The van der Waals surface area contributed by atoms with Crippen molar-refractivity contribution in [3.05, 3.63) is 30.1 Å². The van der Waals surface area contributed by atoms with Gasteiger partial charge in [0.05, 0.1) is 19.2 Å². The average Bonchev–Trinajstić information content (AvgIpc) is 2.70. The van der Waals surface area contributed by atoms with E-state index < -0.39 is 0 Å². The smallest absolute Gasteiger partial charge is 0.165 e. The zero-order chi connectivity index (χ0) is 12.3. The maximum absolute atomic E-state index is 5.33. The van der Waals surface area contributed by atoms with Gasteiger partial charge in [-0.1, -0.05) is 12.1 Å². The van der Waals surface area contributed by atoms with Gasteiger partial charge in [0.15, 0.2) is 11.6 Å². The SMILES string of the molecule is CNCc1nc(-c2ccccc2OC)n(C)n1. The standard InChI is InChI=1S/C12H16N4O/c1-13-8-11-14-12(16(2)15-11)9-6-4-5-7-10(9)17-3/h4-7,13H,8H2,1-3H3. The van der Waals surface area contributed by atoms with E-state index in [0.29, 0.717) is 6.54 Å². The van der Waals surface area contributed by atoms with Gasteiger partial charge in [-0.2, -0.15) is 5.10 Å². The lowest BCUT2D eigenvalue weighted by atomic mass is 10.2. The fraction of sp³-hybridized carbons (Fsp3) is 0.333. The number of hydrogen-bond donors (Lipinski definition) is 1. The van der Waals surface area contributed by atoms with Gasteiger partial charge in [0.2, 0.25) is 0 Å². The van der Waals surface area contributed by atoms with Crippen molar-refractivity contribution in [2.45, 2.75) is 6.54 Å². The molecule has 5 heteroatoms. The lowest BCUT2D eigenvalue weighted by Gasteiger charge is -2.06. The minimum absolute atomic E-state index is 0.656. The molecule has 2 rings (SSSR count). The summed E-state index contributed by atoms with van der Waals surface area (Å²) in [5, 5.41) is 7.37. The Kier molecular flexibility index (Phi) is 3.39. The molecule has 0 unspecified atom stereocenters. The highest BCUT2D eigenvalue weighted by Crippen LogP contribution is 2.27. The van der Waals surface area contributed by atoms with Gasteiger partial charge in [0, 0.05) is 7.05 Å². The lowest BCUT2D eigenvalue weighted by molar-refractivity contribution is 0.416. The van der Waals surface area contributed by atoms with Crippen LogP contribution in [0.3, 0.4) is 0 Å². The maximum atomic E-state index is 5.33. The Morgan fingerprint density at radius 3 is 2.82 bits per heavy atom. The summed E-state index contributed by atoms with van der Waals surface area (Å²) in [5.74, 6) is 2.39. The molecule has 0 fully saturated rings. The summed E-state index contributed by atoms with van der Waals surface area (Å²) in [7, 11) is 5.41. The lowest BCUT2D eigenvalue weighted by Crippen LogP contribution is -2.06. The first-order chi connectivity index (χ1) is 8.26. The highest BCUT2D eigenvalue weighted by Gasteiger charge is 2.12. The first-order valence-corrected chi connectivity index (χ1v) is 5.44. The van der Waals surface area contributed by atoms with E-state index in [9.17, 15) is 0 Å². The van der Waals surface area contributed by atoms with Crippen LogP contribution in [-0.2, 0) is 13.6 Å². The molecular weight excluding hydrogens is 216 g/mol. The van der Waals surface area contributed by atoms with Crippen molar-refractivity contribution in [1.82, 2.24) is 20.1 Å². The summed E-state index contributed by atoms with van der Waals surface area (Å²) in [4.78, 5) is 4.49. The first kappa shape index (κ1) is 11.6. The number of methoxy groups -OCH3 is 1. The highest BCUT2D eigenvalue weighted by atomic mass is 16.5. The van der Waals surface area contributed by atoms with Crippen LogP contribution in [0, 0.1) is 0 Å². The number of nitrogens with zero attached hydrogens (tertiary/aromatic N) is 3. The van der Waals surface area contributed by atoms with Gasteiger partial charge in [0.1, 0.15) is 5.75 Å². The summed E-state index contributed by atoms with van der Waals surface area (Å²) in [5.41, 5.74) is 0.951. The molecule has 1 aromatic carbocycles. The van der Waals surface area contributed by atoms with Crippen LogP contribution in [0.5, 0.6) is 5.75 Å². The van der Waals surface area contributed by atoms with Crippen molar-refractivity contribution in [3.63, 3.8) is 0 Å². The Morgan fingerprint density at radius 1 is 1.35 bits per heavy atom. The molecule has 0 amide bonds. The zero-order valence-corrected chi connectivity index (χ0v) is 10.3. The van der Waals surface area contributed by atoms with Crippen LogP contribution in [0.4, 0.5) is 0 Å². The van der Waals surface area contributed by atoms with E-state index in [1.54, 1.807) is 11.8 Å². The topological polar surface area (TPSA) is 52.0 Å². The third-order valence-electron chi connectivity index (χ3n) is 2.49. The third-order valence-corrected chi connectivity index (χ3v) is 2.49. The van der Waals surface area contributed by atoms with Gasteiger partial charge in [-0.3, -0.25) is 0 Å². The molecule has 0 bridgehead atoms. The summed E-state index contributed by atoms with van der Waals surface area (Å²) >= 11 is 0. The molecule has 0 saturated heterocycles. The molecule has 90 valence electrons. The molecule has 1 N–H and O–H groups in total. The van der Waals surface area contributed by atoms with Gasteiger partial charge >= 0.3 is 0 Å². The second kappa shape index (κ2) is 4.97. The summed E-state index contributed by atoms with van der Waals surface area (Å²) in [6.45, 7) is 0.656. The van der Waals surface area contributed by atoms with E-state index in [0.717, 1.165) is 23.0 Å². The monoisotopic (exact) mass is 232 g/mol. The van der Waals surface area contributed by atoms with Crippen LogP contribution in [-0.4, -0.2) is 28.9 Å². The van der Waals surface area contributed by atoms with Gasteiger partial charge in [0.25, 0.3) is 0 Å². The second-order valence-electron chi connectivity index (χ2n) is 3.71. The van der Waals surface area contributed by atoms with Gasteiger partial charge in [-0.25, -0.2) is 9.67 Å². The van der Waals surface area contributed by atoms with Crippen molar-refractivity contribution in [3.8, 4) is 17.1 Å². The Hall–Kier alpha value is -1.88. The number of para-hydroxylation sites is 1. The van der Waals surface area contributed by atoms with Crippen molar-refractivity contribution >= 4 is 0 Å². The molecule has 0 aliphatic heterocycles. The van der Waals surface area contributed by atoms with Crippen molar-refractivity contribution in [2.75, 3.05) is 14.2 Å². The minimum atomic E-state index is 0.656. The number of ether oxygens (including phenoxy) is 1. The number of rotatable bonds is 4. The van der Waals surface area contributed by atoms with E-state index in [4.69, 9.17) is 4.74 Å². The number of aromatic nitrogens is 3. The molecule has 0 aliphatic carbocycles. The number of benzene rings is 1. The number of nitrogens with one attached hydrogen (secondary N) is 1. The molecule has 0 aliphatic rings. The van der Waals surface area contributed by atoms with E-state index in [1.165, 1.54) is 0 Å². The Bertz CT molecular complexity index is 507. The molecule has 0 atom stereocenters. The molecule has 2 aromatic rings. The summed E-state index contributed by atoms with van der Waals surface area (Å²) in [6, 6.07) is 7.80. The van der Waals surface area contributed by atoms with E-state index >= 15 is 0 Å². The molecule has 17 heavy (non-hydrogen) atoms. The zero-order valence-electron chi connectivity index (χ0n) is 10.3. The minimum Gasteiger partial charge on any atom is -0.496 e. The maximum Gasteiger partial charge on any atom is 0.165 e. The van der Waals surface area contributed by atoms with Gasteiger partial charge in [-0.15, -0.1) is 0 Å². The van der Waals surface area contributed by atoms with E-state index in [1.807, 2.05) is 38.4 Å². The molecule has 1 heterocycles. The predicted octanol–water partition coefficient (Wildman–Crippen LogP) is 1.21. The van der Waals surface area contributed by atoms with Crippen molar-refractivity contribution in [1.29, 1.82) is 0 Å². The van der Waals surface area contributed by atoms with Gasteiger partial charge in [-0.05, 0) is 19.2 Å². The van der Waals surface area contributed by atoms with Crippen molar-refractivity contribution < 1.29 is 4.74 Å². The highest BCUT2D eigenvalue weighted by molar-refractivity contribution is 5.64. The number of hydrogen-bond acceptors (Lipinski definition) is 4. The molecule has 0 radical (unpaired) electrons. The molecule has 0 saturated carbocycles. The normalized spacial score (nSPS) is 10.5. The van der Waals surface area contributed by atoms with Crippen LogP contribution < -0.4 is 10.1 Å². The Morgan fingerprint density at radius 2 is 2.12 bits per heavy atom. The Labute approximate surface area is 100 Å². The largest absolute Gasteiger partial charge is 0.496 e. The average molecular weight is 232 g/mol. The van der Waals surface area contributed by atoms with Crippen molar-refractivity contribution in [2.24, 2.45) is 7.05 Å². The fourth-order valence-electron chi connectivity index (χ4n) is 1.73. The summed E-state index contributed by atoms with van der Waals surface area (Å²) in [6.07, 6.45) is 0. The third kappa shape index (κ3) is 2.29. The van der Waals surface area contributed by atoms with Gasteiger partial charge < -0.3 is 10.1 Å². The van der Waals surface area contributed by atoms with Crippen LogP contribution >= 0.6 is 0 Å². The molecule has 5 nitrogen and oxygen atoms in total. The summed E-state index contributed by atoms with van der Waals surface area (Å²) < 4.78 is 7.10. The van der Waals surface area contributed by atoms with E-state index in [2.05, 4.69) is 15.4 Å². The Balaban J connectivity index is 2.45. The second-order valence-corrected chi connectivity index (χ2v) is 3.71. The quantitative estimate of drug-likeness (QED) is 0.861. The molecular formula is C12H16N4O. The van der Waals surface area contributed by atoms with Crippen LogP contribution in [0.2, 0.25) is 0 Å². The van der Waals surface area contributed by atoms with Crippen LogP contribution in [0.25, 0.3) is 11.4 Å². The number of aryl methyl sites for hydroxylation is 1. The van der Waals surface area contributed by atoms with Crippen LogP contribution in [0.15, 0.2) is 24.3 Å². The van der Waals surface area contributed by atoms with Crippen LogP contribution in [0.1, 0.15) is 5.82 Å². The van der Waals surface area contributed by atoms with E-state index in [-0.39, 0.29) is 0 Å². The fourth-order valence-corrected chi connectivity index (χ4v) is 1.73. The predicted molar refractivity (Wildman–Crippen MR) is 65.8 cm³/mol.